The van der Waals surface area contributed by atoms with E-state index in [1.54, 1.807) is 0 Å². The van der Waals surface area contributed by atoms with E-state index in [-0.39, 0.29) is 24.9 Å². The molecule has 3 N–H and O–H groups in total. The van der Waals surface area contributed by atoms with Gasteiger partial charge in [-0.05, 0) is 89.9 Å². The molecule has 0 spiro atoms. The Morgan fingerprint density at radius 1 is 0.435 bits per heavy atom. The van der Waals surface area contributed by atoms with Crippen LogP contribution >= 0.6 is 0 Å². The highest BCUT2D eigenvalue weighted by Gasteiger charge is 2.24. The Kier molecular flexibility index (Phi) is 54.0. The summed E-state index contributed by atoms with van der Waals surface area (Å²) in [6.07, 6.45) is 72.6. The molecule has 0 heterocycles. The van der Waals surface area contributed by atoms with Crippen LogP contribution in [0, 0.1) is 0 Å². The predicted octanol–water partition coefficient (Wildman–Crippen LogP) is 18.5. The molecule has 0 saturated carbocycles. The van der Waals surface area contributed by atoms with Crippen molar-refractivity contribution in [3.8, 4) is 0 Å². The van der Waals surface area contributed by atoms with Gasteiger partial charge in [0.25, 0.3) is 0 Å². The summed E-state index contributed by atoms with van der Waals surface area (Å²) in [4.78, 5) is 26.3. The van der Waals surface area contributed by atoms with Crippen LogP contribution in [0.2, 0.25) is 0 Å². The number of aliphatic hydroxyl groups excluding tert-OH is 2. The Labute approximate surface area is 428 Å². The van der Waals surface area contributed by atoms with Crippen LogP contribution in [-0.4, -0.2) is 46.9 Å². The SMILES string of the molecule is CC/C=C\C/C=C\C/C=C\C/C=C\C/C=C\CCCC(CC(=O)NC(CO)C(O)CCCCCCCCCCCCCCCCCCC)OC(=O)CCCCCCC/C=C/CCCCCCCCC. The molecule has 0 saturated heterocycles. The van der Waals surface area contributed by atoms with Crippen LogP contribution in [0.25, 0.3) is 0 Å². The Morgan fingerprint density at radius 2 is 0.797 bits per heavy atom. The van der Waals surface area contributed by atoms with Gasteiger partial charge in [0.1, 0.15) is 6.10 Å². The quantitative estimate of drug-likeness (QED) is 0.0321. The lowest BCUT2D eigenvalue weighted by Crippen LogP contribution is -2.46. The second-order valence-corrected chi connectivity index (χ2v) is 20.0. The maximum absolute atomic E-state index is 13.3. The van der Waals surface area contributed by atoms with Crippen LogP contribution in [0.5, 0.6) is 0 Å². The maximum Gasteiger partial charge on any atom is 0.306 e. The molecular weight excluding hydrogens is 851 g/mol. The lowest BCUT2D eigenvalue weighted by atomic mass is 10.0. The molecule has 0 aliphatic rings. The van der Waals surface area contributed by atoms with Crippen molar-refractivity contribution in [1.82, 2.24) is 5.32 Å². The third-order valence-corrected chi connectivity index (χ3v) is 13.3. The van der Waals surface area contributed by atoms with Crippen LogP contribution < -0.4 is 5.32 Å². The molecule has 3 atom stereocenters. The third kappa shape index (κ3) is 51.5. The Morgan fingerprint density at radius 3 is 1.23 bits per heavy atom. The Balaban J connectivity index is 4.64. The number of rotatable bonds is 53. The first-order chi connectivity index (χ1) is 34.0. The van der Waals surface area contributed by atoms with E-state index >= 15 is 0 Å². The summed E-state index contributed by atoms with van der Waals surface area (Å²) < 4.78 is 5.93. The first-order valence-electron chi connectivity index (χ1n) is 29.7. The van der Waals surface area contributed by atoms with E-state index in [1.165, 1.54) is 154 Å². The molecular formula is C63H113NO5. The van der Waals surface area contributed by atoms with E-state index in [1.807, 2.05) is 0 Å². The molecule has 0 aromatic carbocycles. The molecule has 0 fully saturated rings. The minimum absolute atomic E-state index is 0.0340. The van der Waals surface area contributed by atoms with E-state index < -0.39 is 18.2 Å². The number of hydrogen-bond donors (Lipinski definition) is 3. The van der Waals surface area contributed by atoms with Gasteiger partial charge in [-0.15, -0.1) is 0 Å². The fourth-order valence-electron chi connectivity index (χ4n) is 8.81. The minimum atomic E-state index is -0.808. The number of ether oxygens (including phenoxy) is 1. The van der Waals surface area contributed by atoms with Crippen LogP contribution in [0.15, 0.2) is 72.9 Å². The molecule has 6 nitrogen and oxygen atoms in total. The number of hydrogen-bond acceptors (Lipinski definition) is 5. The molecule has 3 unspecified atom stereocenters. The molecule has 0 aromatic rings. The average Bonchev–Trinajstić information content (AvgIpc) is 3.34. The van der Waals surface area contributed by atoms with Gasteiger partial charge in [0.05, 0.1) is 25.2 Å². The van der Waals surface area contributed by atoms with Crippen molar-refractivity contribution in [1.29, 1.82) is 0 Å². The smallest absolute Gasteiger partial charge is 0.306 e. The molecule has 400 valence electrons. The fourth-order valence-corrected chi connectivity index (χ4v) is 8.81. The standard InChI is InChI=1S/C63H113NO5/c1-4-7-10-13-16-19-22-25-28-31-33-36-39-42-45-48-51-54-59(69-63(68)56-53-50-47-44-41-38-35-30-27-24-21-18-15-12-9-6-3)57-62(67)64-60(58-65)61(66)55-52-49-46-43-40-37-34-32-29-26-23-20-17-14-11-8-5-2/h7,10,16,19,25,28,30,33,35-36,42,45,59-61,65-66H,4-6,8-9,11-15,17-18,20-24,26-27,29,31-32,34,37-41,43-44,46-58H2,1-3H3,(H,64,67)/b10-7-,19-16-,28-25-,35-30+,36-33-,45-42-. The molecule has 6 heteroatoms. The van der Waals surface area contributed by atoms with Crippen molar-refractivity contribution in [2.24, 2.45) is 0 Å². The monoisotopic (exact) mass is 964 g/mol. The zero-order chi connectivity index (χ0) is 50.2. The molecule has 69 heavy (non-hydrogen) atoms. The number of nitrogens with one attached hydrogen (secondary N) is 1. The van der Waals surface area contributed by atoms with Gasteiger partial charge in [-0.25, -0.2) is 0 Å². The van der Waals surface area contributed by atoms with Gasteiger partial charge in [-0.3, -0.25) is 9.59 Å². The maximum atomic E-state index is 13.3. The average molecular weight is 965 g/mol. The van der Waals surface area contributed by atoms with Gasteiger partial charge in [0.15, 0.2) is 0 Å². The van der Waals surface area contributed by atoms with Crippen molar-refractivity contribution in [2.75, 3.05) is 6.61 Å². The van der Waals surface area contributed by atoms with Crippen molar-refractivity contribution in [2.45, 2.75) is 309 Å². The summed E-state index contributed by atoms with van der Waals surface area (Å²) in [6.45, 7) is 6.38. The largest absolute Gasteiger partial charge is 0.462 e. The molecule has 0 rings (SSSR count). The summed E-state index contributed by atoms with van der Waals surface area (Å²) in [5, 5.41) is 23.9. The number of carbonyl (C=O) groups is 2. The number of aliphatic hydroxyl groups is 2. The third-order valence-electron chi connectivity index (χ3n) is 13.3. The second-order valence-electron chi connectivity index (χ2n) is 20.0. The number of unbranched alkanes of at least 4 members (excludes halogenated alkanes) is 29. The van der Waals surface area contributed by atoms with Crippen molar-refractivity contribution >= 4 is 11.9 Å². The van der Waals surface area contributed by atoms with E-state index in [0.717, 1.165) is 89.9 Å². The second kappa shape index (κ2) is 56.2. The normalized spacial score (nSPS) is 13.6. The molecule has 0 aliphatic heterocycles. The first-order valence-corrected chi connectivity index (χ1v) is 29.7. The Hall–Kier alpha value is -2.70. The minimum Gasteiger partial charge on any atom is -0.462 e. The Bertz CT molecular complexity index is 1270. The lowest BCUT2D eigenvalue weighted by molar-refractivity contribution is -0.151. The number of esters is 1. The van der Waals surface area contributed by atoms with Gasteiger partial charge in [0, 0.05) is 6.42 Å². The van der Waals surface area contributed by atoms with Crippen molar-refractivity contribution in [3.05, 3.63) is 72.9 Å². The van der Waals surface area contributed by atoms with Gasteiger partial charge >= 0.3 is 5.97 Å². The summed E-state index contributed by atoms with van der Waals surface area (Å²) in [5.41, 5.74) is 0. The first kappa shape index (κ1) is 66.3. The van der Waals surface area contributed by atoms with E-state index in [9.17, 15) is 19.8 Å². The zero-order valence-corrected chi connectivity index (χ0v) is 45.7. The highest BCUT2D eigenvalue weighted by atomic mass is 16.5. The number of allylic oxidation sites excluding steroid dienone is 12. The van der Waals surface area contributed by atoms with Crippen molar-refractivity contribution < 1.29 is 24.5 Å². The topological polar surface area (TPSA) is 95.9 Å². The summed E-state index contributed by atoms with van der Waals surface area (Å²) >= 11 is 0. The summed E-state index contributed by atoms with van der Waals surface area (Å²) in [6, 6.07) is -0.725. The molecule has 0 radical (unpaired) electrons. The zero-order valence-electron chi connectivity index (χ0n) is 45.7. The number of amides is 1. The lowest BCUT2D eigenvalue weighted by Gasteiger charge is -2.24. The number of carbonyl (C=O) groups excluding carboxylic acids is 2. The highest BCUT2D eigenvalue weighted by Crippen LogP contribution is 2.18. The summed E-state index contributed by atoms with van der Waals surface area (Å²) in [5.74, 6) is -0.534. The van der Waals surface area contributed by atoms with Gasteiger partial charge in [-0.1, -0.05) is 261 Å². The summed E-state index contributed by atoms with van der Waals surface area (Å²) in [7, 11) is 0. The van der Waals surface area contributed by atoms with Gasteiger partial charge in [-0.2, -0.15) is 0 Å². The van der Waals surface area contributed by atoms with Crippen LogP contribution in [0.1, 0.15) is 290 Å². The van der Waals surface area contributed by atoms with E-state index in [4.69, 9.17) is 4.74 Å². The van der Waals surface area contributed by atoms with Crippen molar-refractivity contribution in [3.63, 3.8) is 0 Å². The van der Waals surface area contributed by atoms with Crippen LogP contribution in [0.4, 0.5) is 0 Å². The molecule has 0 bridgehead atoms. The van der Waals surface area contributed by atoms with Gasteiger partial charge in [0.2, 0.25) is 5.91 Å². The molecule has 0 aliphatic carbocycles. The van der Waals surface area contributed by atoms with Crippen LogP contribution in [-0.2, 0) is 14.3 Å². The predicted molar refractivity (Wildman–Crippen MR) is 301 cm³/mol. The highest BCUT2D eigenvalue weighted by molar-refractivity contribution is 5.77. The van der Waals surface area contributed by atoms with E-state index in [0.29, 0.717) is 19.3 Å². The van der Waals surface area contributed by atoms with Gasteiger partial charge < -0.3 is 20.3 Å². The van der Waals surface area contributed by atoms with Crippen LogP contribution in [0.3, 0.4) is 0 Å². The molecule has 0 aromatic heterocycles. The fraction of sp³-hybridized carbons (Fsp3) is 0.778. The van der Waals surface area contributed by atoms with E-state index in [2.05, 4.69) is 99.0 Å². The molecule has 1 amide bonds.